The molecule has 0 aliphatic rings. The Balaban J connectivity index is 2.07. The molecule has 0 radical (unpaired) electrons. The van der Waals surface area contributed by atoms with Gasteiger partial charge in [-0.2, -0.15) is 0 Å². The molecule has 1 heterocycles. The predicted octanol–water partition coefficient (Wildman–Crippen LogP) is 4.73. The second-order valence-corrected chi connectivity index (χ2v) is 5.97. The van der Waals surface area contributed by atoms with Crippen molar-refractivity contribution in [1.82, 2.24) is 4.98 Å². The van der Waals surface area contributed by atoms with Gasteiger partial charge in [0.1, 0.15) is 0 Å². The molecule has 0 saturated carbocycles. The number of nitrogens with zero attached hydrogens (tertiary/aromatic N) is 1. The van der Waals surface area contributed by atoms with Crippen LogP contribution in [0.2, 0.25) is 0 Å². The molecule has 0 amide bonds. The molecule has 1 aromatic heterocycles. The van der Waals surface area contributed by atoms with E-state index in [2.05, 4.69) is 50.0 Å². The smallest absolute Gasteiger partial charge is 0.0701 e. The first kappa shape index (κ1) is 12.8. The molecule has 0 spiro atoms. The van der Waals surface area contributed by atoms with E-state index in [9.17, 15) is 0 Å². The fourth-order valence-corrected chi connectivity index (χ4v) is 1.90. The molecule has 0 fully saturated rings. The van der Waals surface area contributed by atoms with E-state index in [1.54, 1.807) is 0 Å². The van der Waals surface area contributed by atoms with Crippen molar-refractivity contribution in [2.24, 2.45) is 5.41 Å². The third-order valence-corrected chi connectivity index (χ3v) is 3.08. The van der Waals surface area contributed by atoms with Gasteiger partial charge in [0.15, 0.2) is 0 Å². The van der Waals surface area contributed by atoms with Crippen molar-refractivity contribution in [2.75, 3.05) is 0 Å². The summed E-state index contributed by atoms with van der Waals surface area (Å²) in [5.41, 5.74) is 4.04. The first-order valence-electron chi connectivity index (χ1n) is 6.55. The average molecular weight is 239 g/mol. The molecular weight excluding hydrogens is 218 g/mol. The Morgan fingerprint density at radius 2 is 1.67 bits per heavy atom. The molecule has 18 heavy (non-hydrogen) atoms. The summed E-state index contributed by atoms with van der Waals surface area (Å²) in [6, 6.07) is 14.8. The molecule has 1 nitrogen and oxygen atoms in total. The third kappa shape index (κ3) is 3.69. The van der Waals surface area contributed by atoms with Gasteiger partial charge in [0, 0.05) is 11.8 Å². The summed E-state index contributed by atoms with van der Waals surface area (Å²) in [6.45, 7) is 6.86. The lowest BCUT2D eigenvalue weighted by molar-refractivity contribution is 0.378. The van der Waals surface area contributed by atoms with E-state index >= 15 is 0 Å². The molecule has 0 saturated heterocycles. The zero-order valence-corrected chi connectivity index (χ0v) is 11.5. The van der Waals surface area contributed by atoms with Gasteiger partial charge in [-0.1, -0.05) is 51.1 Å². The zero-order chi connectivity index (χ0) is 13.0. The van der Waals surface area contributed by atoms with Crippen molar-refractivity contribution in [3.8, 4) is 11.3 Å². The summed E-state index contributed by atoms with van der Waals surface area (Å²) >= 11 is 0. The van der Waals surface area contributed by atoms with Gasteiger partial charge >= 0.3 is 0 Å². The summed E-state index contributed by atoms with van der Waals surface area (Å²) in [4.78, 5) is 4.36. The van der Waals surface area contributed by atoms with Gasteiger partial charge in [-0.3, -0.25) is 4.98 Å². The Bertz CT molecular complexity index is 477. The number of pyridine rings is 1. The Labute approximate surface area is 110 Å². The fraction of sp³-hybridized carbons (Fsp3) is 0.353. The number of benzene rings is 1. The number of hydrogen-bond donors (Lipinski definition) is 0. The van der Waals surface area contributed by atoms with E-state index in [1.807, 2.05) is 24.4 Å². The summed E-state index contributed by atoms with van der Waals surface area (Å²) in [6.07, 6.45) is 4.20. The highest BCUT2D eigenvalue weighted by Crippen LogP contribution is 2.23. The number of aryl methyl sites for hydroxylation is 1. The van der Waals surface area contributed by atoms with Crippen molar-refractivity contribution in [1.29, 1.82) is 0 Å². The van der Waals surface area contributed by atoms with Crippen molar-refractivity contribution >= 4 is 0 Å². The van der Waals surface area contributed by atoms with Crippen LogP contribution in [0.5, 0.6) is 0 Å². The number of hydrogen-bond acceptors (Lipinski definition) is 1. The van der Waals surface area contributed by atoms with Crippen LogP contribution in [0, 0.1) is 5.41 Å². The molecule has 94 valence electrons. The topological polar surface area (TPSA) is 12.9 Å². The molecule has 1 aromatic carbocycles. The maximum Gasteiger partial charge on any atom is 0.0701 e. The SMILES string of the molecule is CC(C)(C)CCc1ccc(-c2ccccn2)cc1. The predicted molar refractivity (Wildman–Crippen MR) is 77.4 cm³/mol. The van der Waals surface area contributed by atoms with Crippen LogP contribution in [0.1, 0.15) is 32.8 Å². The van der Waals surface area contributed by atoms with Gasteiger partial charge in [0.2, 0.25) is 0 Å². The van der Waals surface area contributed by atoms with Crippen LogP contribution in [0.3, 0.4) is 0 Å². The van der Waals surface area contributed by atoms with Crippen LogP contribution < -0.4 is 0 Å². The van der Waals surface area contributed by atoms with Gasteiger partial charge in [-0.05, 0) is 36.0 Å². The van der Waals surface area contributed by atoms with Gasteiger partial charge < -0.3 is 0 Å². The van der Waals surface area contributed by atoms with Gasteiger partial charge in [-0.15, -0.1) is 0 Å². The number of aromatic nitrogens is 1. The lowest BCUT2D eigenvalue weighted by atomic mass is 9.88. The molecule has 0 aliphatic carbocycles. The maximum absolute atomic E-state index is 4.36. The van der Waals surface area contributed by atoms with Gasteiger partial charge in [-0.25, -0.2) is 0 Å². The standard InChI is InChI=1S/C17H21N/c1-17(2,3)12-11-14-7-9-15(10-8-14)16-6-4-5-13-18-16/h4-10,13H,11-12H2,1-3H3. The van der Waals surface area contributed by atoms with Crippen LogP contribution in [0.4, 0.5) is 0 Å². The Kier molecular flexibility index (Phi) is 3.81. The van der Waals surface area contributed by atoms with Crippen molar-refractivity contribution in [2.45, 2.75) is 33.6 Å². The molecule has 0 bridgehead atoms. The Morgan fingerprint density at radius 3 is 2.22 bits per heavy atom. The van der Waals surface area contributed by atoms with Crippen LogP contribution in [0.15, 0.2) is 48.7 Å². The van der Waals surface area contributed by atoms with Gasteiger partial charge in [0.25, 0.3) is 0 Å². The molecule has 0 aliphatic heterocycles. The molecule has 2 rings (SSSR count). The quantitative estimate of drug-likeness (QED) is 0.754. The highest BCUT2D eigenvalue weighted by Gasteiger charge is 2.09. The molecule has 0 unspecified atom stereocenters. The first-order valence-corrected chi connectivity index (χ1v) is 6.55. The summed E-state index contributed by atoms with van der Waals surface area (Å²) < 4.78 is 0. The summed E-state index contributed by atoms with van der Waals surface area (Å²) in [5.74, 6) is 0. The summed E-state index contributed by atoms with van der Waals surface area (Å²) in [5, 5.41) is 0. The summed E-state index contributed by atoms with van der Waals surface area (Å²) in [7, 11) is 0. The largest absolute Gasteiger partial charge is 0.256 e. The first-order chi connectivity index (χ1) is 8.54. The van der Waals surface area contributed by atoms with E-state index < -0.39 is 0 Å². The second-order valence-electron chi connectivity index (χ2n) is 5.97. The highest BCUT2D eigenvalue weighted by molar-refractivity contribution is 5.58. The van der Waals surface area contributed by atoms with E-state index in [0.29, 0.717) is 5.41 Å². The highest BCUT2D eigenvalue weighted by atomic mass is 14.7. The van der Waals surface area contributed by atoms with E-state index in [0.717, 1.165) is 12.1 Å². The normalized spacial score (nSPS) is 11.5. The van der Waals surface area contributed by atoms with E-state index in [4.69, 9.17) is 0 Å². The number of rotatable bonds is 3. The monoisotopic (exact) mass is 239 g/mol. The lowest BCUT2D eigenvalue weighted by Gasteiger charge is -2.17. The van der Waals surface area contributed by atoms with Gasteiger partial charge in [0.05, 0.1) is 5.69 Å². The Morgan fingerprint density at radius 1 is 0.944 bits per heavy atom. The molecule has 0 N–H and O–H groups in total. The van der Waals surface area contributed by atoms with Crippen molar-refractivity contribution in [3.63, 3.8) is 0 Å². The lowest BCUT2D eigenvalue weighted by Crippen LogP contribution is -2.06. The van der Waals surface area contributed by atoms with Crippen LogP contribution in [0.25, 0.3) is 11.3 Å². The minimum atomic E-state index is 0.402. The van der Waals surface area contributed by atoms with Crippen LogP contribution in [-0.2, 0) is 6.42 Å². The van der Waals surface area contributed by atoms with E-state index in [-0.39, 0.29) is 0 Å². The minimum absolute atomic E-state index is 0.402. The molecule has 1 heteroatoms. The Hall–Kier alpha value is -1.63. The molecular formula is C17H21N. The van der Waals surface area contributed by atoms with Crippen molar-refractivity contribution in [3.05, 3.63) is 54.2 Å². The fourth-order valence-electron chi connectivity index (χ4n) is 1.90. The molecule has 2 aromatic rings. The molecule has 0 atom stereocenters. The maximum atomic E-state index is 4.36. The average Bonchev–Trinajstić information content (AvgIpc) is 2.37. The van der Waals surface area contributed by atoms with Crippen LogP contribution >= 0.6 is 0 Å². The zero-order valence-electron chi connectivity index (χ0n) is 11.5. The minimum Gasteiger partial charge on any atom is -0.256 e. The third-order valence-electron chi connectivity index (χ3n) is 3.08. The van der Waals surface area contributed by atoms with Crippen LogP contribution in [-0.4, -0.2) is 4.98 Å². The second kappa shape index (κ2) is 5.34. The van der Waals surface area contributed by atoms with E-state index in [1.165, 1.54) is 17.5 Å². The van der Waals surface area contributed by atoms with Crippen molar-refractivity contribution < 1.29 is 0 Å².